The minimum atomic E-state index is -3.52. The van der Waals surface area contributed by atoms with Crippen LogP contribution in [-0.2, 0) is 16.7 Å². The molecule has 7 nitrogen and oxygen atoms in total. The lowest BCUT2D eigenvalue weighted by molar-refractivity contribution is 0.302. The lowest BCUT2D eigenvalue weighted by atomic mass is 10.3. The van der Waals surface area contributed by atoms with Crippen LogP contribution in [0.2, 0.25) is 0 Å². The Morgan fingerprint density at radius 1 is 1.23 bits per heavy atom. The lowest BCUT2D eigenvalue weighted by Crippen LogP contribution is -2.33. The third kappa shape index (κ3) is 7.45. The van der Waals surface area contributed by atoms with Gasteiger partial charge in [-0.2, -0.15) is 8.42 Å². The van der Waals surface area contributed by atoms with Crippen LogP contribution in [0.3, 0.4) is 0 Å². The third-order valence-corrected chi connectivity index (χ3v) is 4.94. The molecule has 1 N–H and O–H groups in total. The van der Waals surface area contributed by atoms with Gasteiger partial charge in [-0.25, -0.2) is 4.98 Å². The summed E-state index contributed by atoms with van der Waals surface area (Å²) in [4.78, 5) is 4.02. The third-order valence-electron chi connectivity index (χ3n) is 3.70. The Morgan fingerprint density at radius 2 is 1.96 bits per heavy atom. The topological polar surface area (TPSA) is 82.5 Å². The Kier molecular flexibility index (Phi) is 7.93. The molecule has 144 valence electrons. The van der Waals surface area contributed by atoms with Crippen LogP contribution in [0.4, 0.5) is 0 Å². The number of hydrogen-bond donors (Lipinski definition) is 1. The summed E-state index contributed by atoms with van der Waals surface area (Å²) in [7, 11) is -3.52. The SMILES string of the molecule is CCCCS(=O)(=O)Oc1ccc(OCCNC(C)Cn2ccnc2)cc1. The predicted molar refractivity (Wildman–Crippen MR) is 101 cm³/mol. The molecule has 8 heteroatoms. The average Bonchev–Trinajstić information content (AvgIpc) is 3.11. The number of aromatic nitrogens is 2. The van der Waals surface area contributed by atoms with Gasteiger partial charge in [-0.15, -0.1) is 0 Å². The van der Waals surface area contributed by atoms with Crippen molar-refractivity contribution in [1.82, 2.24) is 14.9 Å². The second kappa shape index (κ2) is 10.2. The Balaban J connectivity index is 1.68. The van der Waals surface area contributed by atoms with E-state index in [1.165, 1.54) is 0 Å². The fourth-order valence-corrected chi connectivity index (χ4v) is 3.48. The molecule has 0 aliphatic rings. The van der Waals surface area contributed by atoms with Crippen molar-refractivity contribution in [2.45, 2.75) is 39.3 Å². The monoisotopic (exact) mass is 381 g/mol. The van der Waals surface area contributed by atoms with E-state index in [4.69, 9.17) is 8.92 Å². The summed E-state index contributed by atoms with van der Waals surface area (Å²) in [6.07, 6.45) is 6.89. The number of ether oxygens (including phenoxy) is 1. The Hall–Kier alpha value is -2.06. The summed E-state index contributed by atoms with van der Waals surface area (Å²) in [6, 6.07) is 6.93. The number of nitrogens with one attached hydrogen (secondary N) is 1. The van der Waals surface area contributed by atoms with E-state index in [0.717, 1.165) is 13.0 Å². The summed E-state index contributed by atoms with van der Waals surface area (Å²) in [5, 5.41) is 3.38. The summed E-state index contributed by atoms with van der Waals surface area (Å²) < 4.78 is 36.3. The number of rotatable bonds is 12. The second-order valence-electron chi connectivity index (χ2n) is 6.13. The Labute approximate surface area is 155 Å². The van der Waals surface area contributed by atoms with Gasteiger partial charge < -0.3 is 18.8 Å². The maximum absolute atomic E-state index is 11.8. The summed E-state index contributed by atoms with van der Waals surface area (Å²) >= 11 is 0. The van der Waals surface area contributed by atoms with Crippen molar-refractivity contribution < 1.29 is 17.3 Å². The fourth-order valence-electron chi connectivity index (χ4n) is 2.35. The number of hydrogen-bond acceptors (Lipinski definition) is 6. The zero-order valence-electron chi connectivity index (χ0n) is 15.3. The molecule has 1 heterocycles. The highest BCUT2D eigenvalue weighted by molar-refractivity contribution is 7.87. The largest absolute Gasteiger partial charge is 0.492 e. The van der Waals surface area contributed by atoms with Crippen LogP contribution in [-0.4, -0.2) is 42.9 Å². The van der Waals surface area contributed by atoms with Crippen molar-refractivity contribution in [3.8, 4) is 11.5 Å². The zero-order valence-corrected chi connectivity index (χ0v) is 16.1. The molecule has 2 aromatic rings. The minimum Gasteiger partial charge on any atom is -0.492 e. The van der Waals surface area contributed by atoms with Crippen LogP contribution in [0.15, 0.2) is 43.0 Å². The summed E-state index contributed by atoms with van der Waals surface area (Å²) in [5.74, 6) is 1.01. The van der Waals surface area contributed by atoms with Crippen molar-refractivity contribution in [3.63, 3.8) is 0 Å². The predicted octanol–water partition coefficient (Wildman–Crippen LogP) is 2.45. The van der Waals surface area contributed by atoms with Crippen LogP contribution >= 0.6 is 0 Å². The lowest BCUT2D eigenvalue weighted by Gasteiger charge is -2.14. The van der Waals surface area contributed by atoms with E-state index in [1.807, 2.05) is 17.7 Å². The van der Waals surface area contributed by atoms with Gasteiger partial charge in [-0.1, -0.05) is 13.3 Å². The fraction of sp³-hybridized carbons (Fsp3) is 0.500. The van der Waals surface area contributed by atoms with E-state index < -0.39 is 10.1 Å². The number of imidazole rings is 1. The first kappa shape index (κ1) is 20.3. The first-order chi connectivity index (χ1) is 12.5. The molecule has 0 spiro atoms. The van der Waals surface area contributed by atoms with E-state index in [-0.39, 0.29) is 5.75 Å². The molecule has 0 radical (unpaired) electrons. The van der Waals surface area contributed by atoms with Crippen LogP contribution in [0.5, 0.6) is 11.5 Å². The van der Waals surface area contributed by atoms with E-state index >= 15 is 0 Å². The molecule has 0 bridgehead atoms. The molecule has 1 unspecified atom stereocenters. The van der Waals surface area contributed by atoms with Crippen molar-refractivity contribution in [2.24, 2.45) is 0 Å². The molecule has 0 saturated heterocycles. The van der Waals surface area contributed by atoms with Gasteiger partial charge in [-0.3, -0.25) is 0 Å². The molecular weight excluding hydrogens is 354 g/mol. The molecule has 1 atom stereocenters. The highest BCUT2D eigenvalue weighted by atomic mass is 32.2. The Bertz CT molecular complexity index is 730. The first-order valence-electron chi connectivity index (χ1n) is 8.82. The maximum atomic E-state index is 11.8. The zero-order chi connectivity index (χ0) is 18.8. The van der Waals surface area contributed by atoms with Crippen LogP contribution in [0.1, 0.15) is 26.7 Å². The summed E-state index contributed by atoms with van der Waals surface area (Å²) in [6.45, 7) is 6.11. The number of nitrogens with zero attached hydrogens (tertiary/aromatic N) is 2. The molecule has 0 aliphatic heterocycles. The Morgan fingerprint density at radius 3 is 2.62 bits per heavy atom. The van der Waals surface area contributed by atoms with Gasteiger partial charge in [0.25, 0.3) is 0 Å². The van der Waals surface area contributed by atoms with Gasteiger partial charge in [0, 0.05) is 31.5 Å². The first-order valence-corrected chi connectivity index (χ1v) is 10.4. The molecule has 26 heavy (non-hydrogen) atoms. The standard InChI is InChI=1S/C18H27N3O4S/c1-3-4-13-26(22,23)25-18-7-5-17(6-8-18)24-12-10-20-16(2)14-21-11-9-19-15-21/h5-9,11,15-16,20H,3-4,10,12-14H2,1-2H3. The van der Waals surface area contributed by atoms with E-state index in [1.54, 1.807) is 36.8 Å². The van der Waals surface area contributed by atoms with Crippen LogP contribution in [0.25, 0.3) is 0 Å². The smallest absolute Gasteiger partial charge is 0.309 e. The second-order valence-corrected chi connectivity index (χ2v) is 7.82. The molecule has 0 aliphatic carbocycles. The number of unbranched alkanes of at least 4 members (excludes halogenated alkanes) is 1. The van der Waals surface area contributed by atoms with Crippen molar-refractivity contribution in [1.29, 1.82) is 0 Å². The van der Waals surface area contributed by atoms with Gasteiger partial charge in [0.05, 0.1) is 12.1 Å². The summed E-state index contributed by atoms with van der Waals surface area (Å²) in [5.41, 5.74) is 0. The molecule has 0 amide bonds. The van der Waals surface area contributed by atoms with Crippen molar-refractivity contribution >= 4 is 10.1 Å². The highest BCUT2D eigenvalue weighted by Crippen LogP contribution is 2.19. The van der Waals surface area contributed by atoms with E-state index in [9.17, 15) is 8.42 Å². The maximum Gasteiger partial charge on any atom is 0.309 e. The molecule has 0 saturated carbocycles. The molecule has 2 rings (SSSR count). The highest BCUT2D eigenvalue weighted by Gasteiger charge is 2.11. The van der Waals surface area contributed by atoms with Crippen LogP contribution < -0.4 is 14.2 Å². The number of benzene rings is 1. The van der Waals surface area contributed by atoms with Gasteiger partial charge in [-0.05, 0) is 37.6 Å². The van der Waals surface area contributed by atoms with Crippen molar-refractivity contribution in [3.05, 3.63) is 43.0 Å². The normalized spacial score (nSPS) is 12.7. The van der Waals surface area contributed by atoms with Gasteiger partial charge in [0.15, 0.2) is 0 Å². The van der Waals surface area contributed by atoms with E-state index in [0.29, 0.717) is 37.1 Å². The molecule has 1 aromatic carbocycles. The molecular formula is C18H27N3O4S. The quantitative estimate of drug-likeness (QED) is 0.449. The van der Waals surface area contributed by atoms with Gasteiger partial charge in [0.1, 0.15) is 18.1 Å². The molecule has 1 aromatic heterocycles. The van der Waals surface area contributed by atoms with Gasteiger partial charge >= 0.3 is 10.1 Å². The average molecular weight is 381 g/mol. The van der Waals surface area contributed by atoms with Crippen LogP contribution in [0, 0.1) is 0 Å². The minimum absolute atomic E-state index is 0.0324. The van der Waals surface area contributed by atoms with E-state index in [2.05, 4.69) is 17.2 Å². The van der Waals surface area contributed by atoms with Gasteiger partial charge in [0.2, 0.25) is 0 Å². The van der Waals surface area contributed by atoms with Crippen molar-refractivity contribution in [2.75, 3.05) is 18.9 Å². The molecule has 0 fully saturated rings.